The maximum Gasteiger partial charge on any atom is 0.241 e. The third-order valence-corrected chi connectivity index (χ3v) is 5.38. The van der Waals surface area contributed by atoms with Crippen LogP contribution >= 0.6 is 0 Å². The van der Waals surface area contributed by atoms with E-state index < -0.39 is 15.9 Å². The van der Waals surface area contributed by atoms with Crippen molar-refractivity contribution in [1.29, 1.82) is 0 Å². The monoisotopic (exact) mass is 390 g/mol. The molecule has 0 bridgehead atoms. The Morgan fingerprint density at radius 1 is 1.11 bits per heavy atom. The molecule has 0 aliphatic carbocycles. The van der Waals surface area contributed by atoms with Crippen molar-refractivity contribution in [3.05, 3.63) is 53.6 Å². The number of sulfonamides is 1. The molecule has 27 heavy (non-hydrogen) atoms. The van der Waals surface area contributed by atoms with Gasteiger partial charge in [0, 0.05) is 12.6 Å². The van der Waals surface area contributed by atoms with Crippen LogP contribution in [-0.2, 0) is 21.4 Å². The SMILES string of the molecule is Cc1ccccc1CNC(=O)CN(c1ccc2c(c1)OCCO2)S(C)(=O)=O. The fourth-order valence-corrected chi connectivity index (χ4v) is 3.62. The van der Waals surface area contributed by atoms with Gasteiger partial charge in [-0.15, -0.1) is 0 Å². The fourth-order valence-electron chi connectivity index (χ4n) is 2.78. The number of nitrogens with zero attached hydrogens (tertiary/aromatic N) is 1. The lowest BCUT2D eigenvalue weighted by Crippen LogP contribution is -2.40. The first-order valence-electron chi connectivity index (χ1n) is 8.53. The summed E-state index contributed by atoms with van der Waals surface area (Å²) in [5, 5.41) is 2.77. The van der Waals surface area contributed by atoms with Crippen LogP contribution in [0.3, 0.4) is 0 Å². The van der Waals surface area contributed by atoms with Gasteiger partial charge in [0.05, 0.1) is 11.9 Å². The number of fused-ring (bicyclic) bond motifs is 1. The molecule has 8 heteroatoms. The van der Waals surface area contributed by atoms with Crippen LogP contribution in [0, 0.1) is 6.92 Å². The Bertz CT molecular complexity index is 943. The number of carbonyl (C=O) groups excluding carboxylic acids is 1. The zero-order chi connectivity index (χ0) is 19.4. The Kier molecular flexibility index (Phi) is 5.55. The van der Waals surface area contributed by atoms with Crippen LogP contribution in [-0.4, -0.2) is 40.3 Å². The summed E-state index contributed by atoms with van der Waals surface area (Å²) in [7, 11) is -3.65. The molecule has 1 aliphatic rings. The van der Waals surface area contributed by atoms with Crippen molar-refractivity contribution in [1.82, 2.24) is 5.32 Å². The van der Waals surface area contributed by atoms with Gasteiger partial charge in [-0.1, -0.05) is 24.3 Å². The molecule has 0 saturated heterocycles. The minimum Gasteiger partial charge on any atom is -0.486 e. The van der Waals surface area contributed by atoms with Gasteiger partial charge in [-0.25, -0.2) is 8.42 Å². The Morgan fingerprint density at radius 3 is 2.52 bits per heavy atom. The van der Waals surface area contributed by atoms with Gasteiger partial charge < -0.3 is 14.8 Å². The van der Waals surface area contributed by atoms with E-state index in [9.17, 15) is 13.2 Å². The number of nitrogens with one attached hydrogen (secondary N) is 1. The third kappa shape index (κ3) is 4.71. The Morgan fingerprint density at radius 2 is 1.81 bits per heavy atom. The van der Waals surface area contributed by atoms with E-state index in [2.05, 4.69) is 5.32 Å². The summed E-state index contributed by atoms with van der Waals surface area (Å²) in [5.74, 6) is 0.633. The summed E-state index contributed by atoms with van der Waals surface area (Å²) in [6, 6.07) is 12.5. The van der Waals surface area contributed by atoms with Crippen LogP contribution in [0.25, 0.3) is 0 Å². The number of ether oxygens (including phenoxy) is 2. The van der Waals surface area contributed by atoms with Gasteiger partial charge in [0.2, 0.25) is 15.9 Å². The molecule has 1 amide bonds. The van der Waals surface area contributed by atoms with E-state index in [1.54, 1.807) is 18.2 Å². The number of hydrogen-bond acceptors (Lipinski definition) is 5. The van der Waals surface area contributed by atoms with E-state index in [-0.39, 0.29) is 6.54 Å². The summed E-state index contributed by atoms with van der Waals surface area (Å²) in [6.07, 6.45) is 1.07. The summed E-state index contributed by atoms with van der Waals surface area (Å²) >= 11 is 0. The molecule has 1 aliphatic heterocycles. The first-order chi connectivity index (χ1) is 12.8. The van der Waals surface area contributed by atoms with Gasteiger partial charge in [-0.3, -0.25) is 9.10 Å². The second kappa shape index (κ2) is 7.87. The van der Waals surface area contributed by atoms with Crippen LogP contribution in [0.5, 0.6) is 11.5 Å². The quantitative estimate of drug-likeness (QED) is 0.814. The van der Waals surface area contributed by atoms with E-state index >= 15 is 0 Å². The molecule has 0 aromatic heterocycles. The zero-order valence-electron chi connectivity index (χ0n) is 15.3. The lowest BCUT2D eigenvalue weighted by molar-refractivity contribution is -0.119. The van der Waals surface area contributed by atoms with E-state index in [1.807, 2.05) is 31.2 Å². The molecule has 144 valence electrons. The number of hydrogen-bond donors (Lipinski definition) is 1. The second-order valence-corrected chi connectivity index (χ2v) is 8.21. The summed E-state index contributed by atoms with van der Waals surface area (Å²) in [5.41, 5.74) is 2.40. The highest BCUT2D eigenvalue weighted by Gasteiger charge is 2.23. The number of anilines is 1. The molecule has 0 radical (unpaired) electrons. The first-order valence-corrected chi connectivity index (χ1v) is 10.4. The van der Waals surface area contributed by atoms with Gasteiger partial charge >= 0.3 is 0 Å². The molecular weight excluding hydrogens is 368 g/mol. The molecule has 1 N–H and O–H groups in total. The van der Waals surface area contributed by atoms with E-state index in [0.29, 0.717) is 36.9 Å². The van der Waals surface area contributed by atoms with E-state index in [0.717, 1.165) is 21.7 Å². The normalized spacial score (nSPS) is 13.1. The van der Waals surface area contributed by atoms with Crippen molar-refractivity contribution in [2.75, 3.05) is 30.3 Å². The molecule has 0 saturated carbocycles. The van der Waals surface area contributed by atoms with Gasteiger partial charge in [-0.05, 0) is 30.2 Å². The van der Waals surface area contributed by atoms with Crippen molar-refractivity contribution in [3.63, 3.8) is 0 Å². The van der Waals surface area contributed by atoms with Gasteiger partial charge in [-0.2, -0.15) is 0 Å². The van der Waals surface area contributed by atoms with Gasteiger partial charge in [0.15, 0.2) is 11.5 Å². The maximum absolute atomic E-state index is 12.4. The summed E-state index contributed by atoms with van der Waals surface area (Å²) < 4.78 is 36.5. The molecule has 2 aromatic carbocycles. The molecule has 0 atom stereocenters. The molecule has 2 aromatic rings. The third-order valence-electron chi connectivity index (χ3n) is 4.24. The van der Waals surface area contributed by atoms with Crippen molar-refractivity contribution in [2.45, 2.75) is 13.5 Å². The highest BCUT2D eigenvalue weighted by molar-refractivity contribution is 7.92. The molecule has 0 fully saturated rings. The largest absolute Gasteiger partial charge is 0.486 e. The zero-order valence-corrected chi connectivity index (χ0v) is 16.1. The van der Waals surface area contributed by atoms with E-state index in [1.165, 1.54) is 0 Å². The summed E-state index contributed by atoms with van der Waals surface area (Å²) in [4.78, 5) is 12.4. The number of aryl methyl sites for hydroxylation is 1. The van der Waals surface area contributed by atoms with Crippen LogP contribution in [0.2, 0.25) is 0 Å². The van der Waals surface area contributed by atoms with Crippen molar-refractivity contribution >= 4 is 21.6 Å². The van der Waals surface area contributed by atoms with Crippen LogP contribution in [0.1, 0.15) is 11.1 Å². The highest BCUT2D eigenvalue weighted by Crippen LogP contribution is 2.34. The molecular formula is C19H22N2O5S. The van der Waals surface area contributed by atoms with Gasteiger partial charge in [0.25, 0.3) is 0 Å². The predicted molar refractivity (Wildman–Crippen MR) is 103 cm³/mol. The van der Waals surface area contributed by atoms with Crippen LogP contribution in [0.4, 0.5) is 5.69 Å². The number of amides is 1. The second-order valence-electron chi connectivity index (χ2n) is 6.30. The van der Waals surface area contributed by atoms with Crippen molar-refractivity contribution in [3.8, 4) is 11.5 Å². The van der Waals surface area contributed by atoms with Gasteiger partial charge in [0.1, 0.15) is 19.8 Å². The predicted octanol–water partition coefficient (Wildman–Crippen LogP) is 1.85. The maximum atomic E-state index is 12.4. The summed E-state index contributed by atoms with van der Waals surface area (Å²) in [6.45, 7) is 2.82. The van der Waals surface area contributed by atoms with E-state index in [4.69, 9.17) is 9.47 Å². The number of carbonyl (C=O) groups is 1. The minimum absolute atomic E-state index is 0.315. The molecule has 7 nitrogen and oxygen atoms in total. The highest BCUT2D eigenvalue weighted by atomic mass is 32.2. The fraction of sp³-hybridized carbons (Fsp3) is 0.316. The molecule has 0 spiro atoms. The molecule has 3 rings (SSSR count). The molecule has 1 heterocycles. The Hall–Kier alpha value is -2.74. The lowest BCUT2D eigenvalue weighted by Gasteiger charge is -2.24. The topological polar surface area (TPSA) is 84.9 Å². The average molecular weight is 390 g/mol. The first kappa shape index (κ1) is 19.0. The standard InChI is InChI=1S/C19H22N2O5S/c1-14-5-3-4-6-15(14)12-20-19(22)13-21(27(2,23)24)16-7-8-17-18(11-16)26-10-9-25-17/h3-8,11H,9-10,12-13H2,1-2H3,(H,20,22). The molecule has 0 unspecified atom stereocenters. The van der Waals surface area contributed by atoms with Crippen LogP contribution < -0.4 is 19.1 Å². The Balaban J connectivity index is 1.74. The lowest BCUT2D eigenvalue weighted by atomic mass is 10.1. The van der Waals surface area contributed by atoms with Crippen molar-refractivity contribution < 1.29 is 22.7 Å². The average Bonchev–Trinajstić information content (AvgIpc) is 2.64. The van der Waals surface area contributed by atoms with Crippen molar-refractivity contribution in [2.24, 2.45) is 0 Å². The number of rotatable bonds is 6. The number of benzene rings is 2. The minimum atomic E-state index is -3.65. The Labute approximate surface area is 158 Å². The van der Waals surface area contributed by atoms with Crippen LogP contribution in [0.15, 0.2) is 42.5 Å². The smallest absolute Gasteiger partial charge is 0.241 e.